The van der Waals surface area contributed by atoms with Gasteiger partial charge in [0.15, 0.2) is 0 Å². The van der Waals surface area contributed by atoms with Gasteiger partial charge in [-0.15, -0.1) is 0 Å². The molecule has 1 heterocycles. The Balaban J connectivity index is 2.31. The van der Waals surface area contributed by atoms with E-state index in [0.717, 1.165) is 6.54 Å². The van der Waals surface area contributed by atoms with Crippen LogP contribution in [-0.2, 0) is 4.74 Å². The molecule has 2 aromatic rings. The Morgan fingerprint density at radius 1 is 1.25 bits per heavy atom. The molecule has 1 unspecified atom stereocenters. The maximum absolute atomic E-state index is 5.97. The lowest BCUT2D eigenvalue weighted by Crippen LogP contribution is -2.30. The number of fused-ring (bicyclic) bond motifs is 1. The first-order chi connectivity index (χ1) is 9.51. The number of ether oxygens (including phenoxy) is 1. The van der Waals surface area contributed by atoms with Gasteiger partial charge in [-0.25, -0.2) is 0 Å². The van der Waals surface area contributed by atoms with Crippen LogP contribution in [0.15, 0.2) is 36.7 Å². The van der Waals surface area contributed by atoms with Crippen molar-refractivity contribution in [1.82, 2.24) is 10.3 Å². The zero-order valence-corrected chi connectivity index (χ0v) is 12.8. The smallest absolute Gasteiger partial charge is 0.0668 e. The lowest BCUT2D eigenvalue weighted by atomic mass is 10.00. The van der Waals surface area contributed by atoms with Crippen molar-refractivity contribution in [3.63, 3.8) is 0 Å². The quantitative estimate of drug-likeness (QED) is 0.901. The highest BCUT2D eigenvalue weighted by atomic mass is 16.5. The zero-order chi connectivity index (χ0) is 14.6. The van der Waals surface area contributed by atoms with Crippen LogP contribution in [0.1, 0.15) is 39.3 Å². The van der Waals surface area contributed by atoms with Crippen molar-refractivity contribution >= 4 is 10.8 Å². The van der Waals surface area contributed by atoms with Gasteiger partial charge < -0.3 is 10.1 Å². The third-order valence-corrected chi connectivity index (χ3v) is 3.22. The number of likely N-dealkylation sites (N-methyl/N-ethyl adjacent to an activating group) is 1. The first-order valence-electron chi connectivity index (χ1n) is 7.21. The van der Waals surface area contributed by atoms with Crippen molar-refractivity contribution < 1.29 is 4.74 Å². The van der Waals surface area contributed by atoms with Gasteiger partial charge in [0.2, 0.25) is 0 Å². The summed E-state index contributed by atoms with van der Waals surface area (Å²) in [6.45, 7) is 9.96. The molecule has 0 saturated heterocycles. The highest BCUT2D eigenvalue weighted by Gasteiger charge is 2.18. The van der Waals surface area contributed by atoms with Crippen LogP contribution in [0.4, 0.5) is 0 Å². The molecule has 0 saturated carbocycles. The Bertz CT molecular complexity index is 555. The molecule has 0 fully saturated rings. The van der Waals surface area contributed by atoms with E-state index in [-0.39, 0.29) is 11.6 Å². The van der Waals surface area contributed by atoms with Crippen LogP contribution in [0.5, 0.6) is 0 Å². The Morgan fingerprint density at radius 3 is 2.75 bits per heavy atom. The Kier molecular flexibility index (Phi) is 4.73. The van der Waals surface area contributed by atoms with Gasteiger partial charge in [0.05, 0.1) is 18.2 Å². The summed E-state index contributed by atoms with van der Waals surface area (Å²) < 4.78 is 5.97. The first kappa shape index (κ1) is 14.9. The Morgan fingerprint density at radius 2 is 2.05 bits per heavy atom. The minimum Gasteiger partial charge on any atom is -0.374 e. The number of aromatic nitrogens is 1. The van der Waals surface area contributed by atoms with E-state index < -0.39 is 0 Å². The molecule has 0 aliphatic heterocycles. The molecular weight excluding hydrogens is 248 g/mol. The van der Waals surface area contributed by atoms with E-state index in [1.54, 1.807) is 0 Å². The molecule has 2 rings (SSSR count). The molecule has 3 nitrogen and oxygen atoms in total. The summed E-state index contributed by atoms with van der Waals surface area (Å²) in [4.78, 5) is 4.19. The minimum atomic E-state index is -0.125. The lowest BCUT2D eigenvalue weighted by Gasteiger charge is -2.26. The van der Waals surface area contributed by atoms with E-state index in [0.29, 0.717) is 6.61 Å². The van der Waals surface area contributed by atoms with Crippen LogP contribution in [-0.4, -0.2) is 23.7 Å². The van der Waals surface area contributed by atoms with Crippen LogP contribution in [0.2, 0.25) is 0 Å². The van der Waals surface area contributed by atoms with E-state index >= 15 is 0 Å². The molecule has 0 bridgehead atoms. The molecule has 20 heavy (non-hydrogen) atoms. The number of nitrogens with one attached hydrogen (secondary N) is 1. The lowest BCUT2D eigenvalue weighted by molar-refractivity contribution is -0.0144. The average Bonchev–Trinajstić information content (AvgIpc) is 2.42. The second-order valence-electron chi connectivity index (χ2n) is 5.98. The Hall–Kier alpha value is -1.45. The molecule has 0 aliphatic carbocycles. The molecule has 1 aromatic heterocycles. The van der Waals surface area contributed by atoms with Gasteiger partial charge in [-0.1, -0.05) is 25.1 Å². The number of hydrogen-bond donors (Lipinski definition) is 1. The molecular formula is C17H24N2O. The van der Waals surface area contributed by atoms with E-state index in [4.69, 9.17) is 4.74 Å². The van der Waals surface area contributed by atoms with E-state index in [2.05, 4.69) is 62.3 Å². The van der Waals surface area contributed by atoms with Crippen LogP contribution in [0.3, 0.4) is 0 Å². The molecule has 1 atom stereocenters. The van der Waals surface area contributed by atoms with E-state index in [1.165, 1.54) is 16.3 Å². The van der Waals surface area contributed by atoms with E-state index in [9.17, 15) is 0 Å². The Labute approximate surface area is 121 Å². The van der Waals surface area contributed by atoms with Crippen molar-refractivity contribution in [2.24, 2.45) is 0 Å². The maximum atomic E-state index is 5.97. The molecule has 108 valence electrons. The van der Waals surface area contributed by atoms with Crippen LogP contribution >= 0.6 is 0 Å². The second-order valence-corrected chi connectivity index (χ2v) is 5.98. The predicted molar refractivity (Wildman–Crippen MR) is 83.9 cm³/mol. The fourth-order valence-electron chi connectivity index (χ4n) is 2.29. The van der Waals surface area contributed by atoms with E-state index in [1.807, 2.05) is 12.4 Å². The van der Waals surface area contributed by atoms with Gasteiger partial charge in [-0.2, -0.15) is 0 Å². The summed E-state index contributed by atoms with van der Waals surface area (Å²) in [5.74, 6) is 0. The summed E-state index contributed by atoms with van der Waals surface area (Å²) in [6.07, 6.45) is 3.76. The number of rotatable bonds is 5. The van der Waals surface area contributed by atoms with Gasteiger partial charge in [-0.05, 0) is 44.3 Å². The summed E-state index contributed by atoms with van der Waals surface area (Å²) in [6, 6.07) is 8.62. The highest BCUT2D eigenvalue weighted by Crippen LogP contribution is 2.25. The fourth-order valence-corrected chi connectivity index (χ4v) is 2.29. The maximum Gasteiger partial charge on any atom is 0.0668 e. The van der Waals surface area contributed by atoms with Crippen molar-refractivity contribution in [3.8, 4) is 0 Å². The standard InChI is InChI=1S/C17H24N2O/c1-5-19-16(12-20-17(2,3)4)15-8-6-7-13-11-18-10-9-14(13)15/h6-11,16,19H,5,12H2,1-4H3. The largest absolute Gasteiger partial charge is 0.374 e. The zero-order valence-electron chi connectivity index (χ0n) is 12.8. The third kappa shape index (κ3) is 3.78. The summed E-state index contributed by atoms with van der Waals surface area (Å²) in [7, 11) is 0. The van der Waals surface area contributed by atoms with Crippen molar-refractivity contribution in [3.05, 3.63) is 42.2 Å². The van der Waals surface area contributed by atoms with Gasteiger partial charge >= 0.3 is 0 Å². The first-order valence-corrected chi connectivity index (χ1v) is 7.21. The molecule has 0 aliphatic rings. The van der Waals surface area contributed by atoms with Gasteiger partial charge in [0, 0.05) is 17.8 Å². The molecule has 0 amide bonds. The van der Waals surface area contributed by atoms with Gasteiger partial charge in [0.25, 0.3) is 0 Å². The summed E-state index contributed by atoms with van der Waals surface area (Å²) in [5.41, 5.74) is 1.15. The van der Waals surface area contributed by atoms with Crippen LogP contribution < -0.4 is 5.32 Å². The minimum absolute atomic E-state index is 0.125. The normalized spacial score (nSPS) is 13.6. The van der Waals surface area contributed by atoms with Crippen LogP contribution in [0.25, 0.3) is 10.8 Å². The third-order valence-electron chi connectivity index (χ3n) is 3.22. The summed E-state index contributed by atoms with van der Waals surface area (Å²) >= 11 is 0. The molecule has 3 heteroatoms. The average molecular weight is 272 g/mol. The number of hydrogen-bond acceptors (Lipinski definition) is 3. The predicted octanol–water partition coefficient (Wildman–Crippen LogP) is 3.70. The molecule has 1 aromatic carbocycles. The van der Waals surface area contributed by atoms with Crippen molar-refractivity contribution in [2.75, 3.05) is 13.2 Å². The van der Waals surface area contributed by atoms with Gasteiger partial charge in [-0.3, -0.25) is 4.98 Å². The highest BCUT2D eigenvalue weighted by molar-refractivity contribution is 5.85. The molecule has 1 N–H and O–H groups in total. The SMILES string of the molecule is CCNC(COC(C)(C)C)c1cccc2cnccc12. The van der Waals surface area contributed by atoms with Crippen LogP contribution in [0, 0.1) is 0 Å². The van der Waals surface area contributed by atoms with Crippen molar-refractivity contribution in [1.29, 1.82) is 0 Å². The summed E-state index contributed by atoms with van der Waals surface area (Å²) in [5, 5.41) is 5.93. The topological polar surface area (TPSA) is 34.1 Å². The number of benzene rings is 1. The molecule has 0 spiro atoms. The fraction of sp³-hybridized carbons (Fsp3) is 0.471. The number of pyridine rings is 1. The second kappa shape index (κ2) is 6.33. The number of nitrogens with zero attached hydrogens (tertiary/aromatic N) is 1. The monoisotopic (exact) mass is 272 g/mol. The molecule has 0 radical (unpaired) electrons. The van der Waals surface area contributed by atoms with Gasteiger partial charge in [0.1, 0.15) is 0 Å². The van der Waals surface area contributed by atoms with Crippen molar-refractivity contribution in [2.45, 2.75) is 39.3 Å².